The van der Waals surface area contributed by atoms with Crippen LogP contribution in [0, 0.1) is 12.3 Å². The van der Waals surface area contributed by atoms with Crippen molar-refractivity contribution in [2.45, 2.75) is 70.3 Å². The van der Waals surface area contributed by atoms with Crippen molar-refractivity contribution in [3.63, 3.8) is 0 Å². The Bertz CT molecular complexity index is 1030. The molecule has 0 unspecified atom stereocenters. The number of aliphatic hydroxyl groups is 1. The fourth-order valence-electron chi connectivity index (χ4n) is 6.62. The average Bonchev–Trinajstić information content (AvgIpc) is 3.07. The lowest BCUT2D eigenvalue weighted by molar-refractivity contribution is 0.142. The third-order valence-electron chi connectivity index (χ3n) is 8.18. The molecule has 5 rings (SSSR count). The van der Waals surface area contributed by atoms with Gasteiger partial charge in [-0.1, -0.05) is 24.1 Å². The molecule has 0 radical (unpaired) electrons. The van der Waals surface area contributed by atoms with Crippen LogP contribution in [0.4, 0.5) is 11.4 Å². The van der Waals surface area contributed by atoms with E-state index in [-0.39, 0.29) is 16.9 Å². The van der Waals surface area contributed by atoms with Crippen molar-refractivity contribution in [2.75, 3.05) is 19.0 Å². The summed E-state index contributed by atoms with van der Waals surface area (Å²) in [6.07, 6.45) is 8.93. The summed E-state index contributed by atoms with van der Waals surface area (Å²) in [5.41, 5.74) is 9.55. The molecule has 1 saturated carbocycles. The Labute approximate surface area is 185 Å². The fraction of sp³-hybridized carbons (Fsp3) is 0.519. The van der Waals surface area contributed by atoms with Crippen molar-refractivity contribution in [1.29, 1.82) is 0 Å². The number of benzene rings is 1. The second kappa shape index (κ2) is 7.75. The number of hydrogen-bond acceptors (Lipinski definition) is 4. The number of nitrogens with one attached hydrogen (secondary N) is 1. The molecule has 0 amide bonds. The number of nitrogens with zero attached hydrogens (tertiary/aromatic N) is 1. The number of hydrogen-bond donors (Lipinski definition) is 2. The molecule has 0 saturated heterocycles. The fourth-order valence-corrected chi connectivity index (χ4v) is 6.62. The van der Waals surface area contributed by atoms with Gasteiger partial charge in [0, 0.05) is 31.0 Å². The average molecular weight is 419 g/mol. The van der Waals surface area contributed by atoms with Crippen molar-refractivity contribution in [2.24, 2.45) is 5.41 Å². The first-order valence-electron chi connectivity index (χ1n) is 11.7. The van der Waals surface area contributed by atoms with E-state index < -0.39 is 0 Å². The Morgan fingerprint density at radius 2 is 2.06 bits per heavy atom. The molecule has 0 aliphatic heterocycles. The van der Waals surface area contributed by atoms with Crippen molar-refractivity contribution in [1.82, 2.24) is 4.98 Å². The lowest BCUT2D eigenvalue weighted by Gasteiger charge is -2.50. The number of ether oxygens (including phenoxy) is 1. The number of aryl methyl sites for hydroxylation is 2. The van der Waals surface area contributed by atoms with Gasteiger partial charge >= 0.3 is 0 Å². The first kappa shape index (κ1) is 20.7. The standard InChI is InChI=1S/C27H34N2O2/c1-18-25(5-4-13-28-18)29-20-7-9-22-19(15-20)6-8-23-24-16-21(30)17-26(24,2)10-11-27(22,23)12-14-31-3/h4-5,7,9,13,15,21,29-30H,6,8,10-12,14,16-17H2,1-3H3/t21-,26+,27-/m1/s1. The molecule has 3 aliphatic carbocycles. The van der Waals surface area contributed by atoms with Crippen LogP contribution in [0.25, 0.3) is 0 Å². The molecular formula is C27H34N2O2. The first-order valence-corrected chi connectivity index (χ1v) is 11.7. The minimum atomic E-state index is -0.179. The van der Waals surface area contributed by atoms with Gasteiger partial charge in [-0.15, -0.1) is 0 Å². The number of pyridine rings is 1. The molecule has 4 nitrogen and oxygen atoms in total. The van der Waals surface area contributed by atoms with E-state index in [1.54, 1.807) is 11.1 Å². The van der Waals surface area contributed by atoms with Crippen LogP contribution in [0.3, 0.4) is 0 Å². The molecule has 164 valence electrons. The molecule has 2 aromatic rings. The summed E-state index contributed by atoms with van der Waals surface area (Å²) in [4.78, 5) is 4.40. The largest absolute Gasteiger partial charge is 0.393 e. The monoisotopic (exact) mass is 418 g/mol. The SMILES string of the molecule is COCC[C@@]12CC[C@@]3(C)C[C@H](O)CC3=C1CCc1cc(Nc3cccnc3C)ccc12. The summed E-state index contributed by atoms with van der Waals surface area (Å²) in [6.45, 7) is 5.18. The number of methoxy groups -OCH3 is 1. The maximum absolute atomic E-state index is 10.5. The Morgan fingerprint density at radius 1 is 1.19 bits per heavy atom. The molecule has 1 fully saturated rings. The van der Waals surface area contributed by atoms with E-state index in [1.807, 2.05) is 26.3 Å². The van der Waals surface area contributed by atoms with E-state index in [4.69, 9.17) is 4.74 Å². The van der Waals surface area contributed by atoms with E-state index in [2.05, 4.69) is 41.5 Å². The molecule has 4 heteroatoms. The molecule has 0 spiro atoms. The van der Waals surface area contributed by atoms with Gasteiger partial charge in [-0.25, -0.2) is 0 Å². The number of rotatable bonds is 5. The number of fused-ring (bicyclic) bond motifs is 4. The highest BCUT2D eigenvalue weighted by atomic mass is 16.5. The van der Waals surface area contributed by atoms with Gasteiger partial charge in [0.1, 0.15) is 0 Å². The van der Waals surface area contributed by atoms with Crippen LogP contribution in [-0.2, 0) is 16.6 Å². The molecule has 0 bridgehead atoms. The highest BCUT2D eigenvalue weighted by Gasteiger charge is 2.51. The van der Waals surface area contributed by atoms with Gasteiger partial charge in [-0.2, -0.15) is 0 Å². The van der Waals surface area contributed by atoms with Crippen LogP contribution >= 0.6 is 0 Å². The smallest absolute Gasteiger partial charge is 0.0607 e. The zero-order valence-electron chi connectivity index (χ0n) is 19.0. The van der Waals surface area contributed by atoms with Crippen LogP contribution in [0.1, 0.15) is 62.3 Å². The summed E-state index contributed by atoms with van der Waals surface area (Å²) >= 11 is 0. The van der Waals surface area contributed by atoms with Gasteiger partial charge in [0.15, 0.2) is 0 Å². The van der Waals surface area contributed by atoms with Crippen molar-refractivity contribution >= 4 is 11.4 Å². The molecule has 1 heterocycles. The summed E-state index contributed by atoms with van der Waals surface area (Å²) in [5, 5.41) is 14.1. The van der Waals surface area contributed by atoms with Gasteiger partial charge in [-0.05, 0) is 92.7 Å². The van der Waals surface area contributed by atoms with E-state index in [9.17, 15) is 5.11 Å². The summed E-state index contributed by atoms with van der Waals surface area (Å²) < 4.78 is 5.59. The normalized spacial score (nSPS) is 29.4. The van der Waals surface area contributed by atoms with Crippen LogP contribution < -0.4 is 5.32 Å². The van der Waals surface area contributed by atoms with Crippen molar-refractivity contribution in [3.05, 3.63) is 64.5 Å². The van der Waals surface area contributed by atoms with Crippen LogP contribution in [0.5, 0.6) is 0 Å². The molecule has 1 aromatic heterocycles. The number of aromatic nitrogens is 1. The Balaban J connectivity index is 1.56. The Morgan fingerprint density at radius 3 is 2.87 bits per heavy atom. The number of aliphatic hydroxyl groups excluding tert-OH is 1. The topological polar surface area (TPSA) is 54.4 Å². The highest BCUT2D eigenvalue weighted by molar-refractivity contribution is 5.64. The van der Waals surface area contributed by atoms with Gasteiger partial charge in [-0.3, -0.25) is 4.98 Å². The molecule has 3 aliphatic rings. The third-order valence-corrected chi connectivity index (χ3v) is 8.18. The van der Waals surface area contributed by atoms with Crippen LogP contribution in [0.2, 0.25) is 0 Å². The maximum Gasteiger partial charge on any atom is 0.0607 e. The lowest BCUT2D eigenvalue weighted by atomic mass is 9.54. The minimum absolute atomic E-state index is 0.0608. The zero-order valence-corrected chi connectivity index (χ0v) is 19.0. The minimum Gasteiger partial charge on any atom is -0.393 e. The van der Waals surface area contributed by atoms with E-state index in [0.717, 1.165) is 68.6 Å². The van der Waals surface area contributed by atoms with E-state index in [1.165, 1.54) is 11.1 Å². The molecular weight excluding hydrogens is 384 g/mol. The van der Waals surface area contributed by atoms with Crippen LogP contribution in [-0.4, -0.2) is 29.9 Å². The lowest BCUT2D eigenvalue weighted by Crippen LogP contribution is -2.41. The van der Waals surface area contributed by atoms with Gasteiger partial charge < -0.3 is 15.2 Å². The van der Waals surface area contributed by atoms with Gasteiger partial charge in [0.25, 0.3) is 0 Å². The van der Waals surface area contributed by atoms with Crippen LogP contribution in [0.15, 0.2) is 47.7 Å². The Kier molecular flexibility index (Phi) is 5.18. The summed E-state index contributed by atoms with van der Waals surface area (Å²) in [5.74, 6) is 0. The quantitative estimate of drug-likeness (QED) is 0.620. The first-order chi connectivity index (χ1) is 14.9. The molecule has 1 aromatic carbocycles. The van der Waals surface area contributed by atoms with E-state index >= 15 is 0 Å². The molecule has 3 atom stereocenters. The maximum atomic E-state index is 10.5. The molecule has 31 heavy (non-hydrogen) atoms. The second-order valence-electron chi connectivity index (χ2n) is 10.0. The highest BCUT2D eigenvalue weighted by Crippen LogP contribution is 2.61. The molecule has 2 N–H and O–H groups in total. The summed E-state index contributed by atoms with van der Waals surface area (Å²) in [7, 11) is 1.81. The van der Waals surface area contributed by atoms with Gasteiger partial charge in [0.05, 0.1) is 17.5 Å². The predicted molar refractivity (Wildman–Crippen MR) is 125 cm³/mol. The number of anilines is 2. The Hall–Kier alpha value is -2.17. The second-order valence-corrected chi connectivity index (χ2v) is 10.0. The predicted octanol–water partition coefficient (Wildman–Crippen LogP) is 5.61. The van der Waals surface area contributed by atoms with Crippen molar-refractivity contribution in [3.8, 4) is 0 Å². The number of allylic oxidation sites excluding steroid dienone is 1. The summed E-state index contributed by atoms with van der Waals surface area (Å²) in [6, 6.07) is 11.0. The van der Waals surface area contributed by atoms with Crippen molar-refractivity contribution < 1.29 is 9.84 Å². The van der Waals surface area contributed by atoms with Gasteiger partial charge in [0.2, 0.25) is 0 Å². The zero-order chi connectivity index (χ0) is 21.6. The van der Waals surface area contributed by atoms with E-state index in [0.29, 0.717) is 0 Å². The third kappa shape index (κ3) is 3.41.